The van der Waals surface area contributed by atoms with Crippen LogP contribution in [-0.2, 0) is 17.8 Å². The summed E-state index contributed by atoms with van der Waals surface area (Å²) in [5.41, 5.74) is 3.02. The van der Waals surface area contributed by atoms with E-state index in [1.807, 2.05) is 66.0 Å². The molecule has 0 fully saturated rings. The fraction of sp³-hybridized carbons (Fsp3) is 0.111. The number of hydrogen-bond donors (Lipinski definition) is 1. The number of nitrogens with zero attached hydrogens (tertiary/aromatic N) is 1. The van der Waals surface area contributed by atoms with Crippen LogP contribution in [0.2, 0.25) is 0 Å². The van der Waals surface area contributed by atoms with Crippen LogP contribution in [0, 0.1) is 0 Å². The minimum Gasteiger partial charge on any atom is -0.350 e. The number of rotatable bonds is 5. The summed E-state index contributed by atoms with van der Waals surface area (Å²) in [5, 5.41) is 5.89. The molecule has 0 aliphatic rings. The second-order valence-corrected chi connectivity index (χ2v) is 5.81. The van der Waals surface area contributed by atoms with E-state index in [4.69, 9.17) is 0 Å². The van der Waals surface area contributed by atoms with Crippen molar-refractivity contribution >= 4 is 17.2 Å². The van der Waals surface area contributed by atoms with Gasteiger partial charge in [-0.1, -0.05) is 60.7 Å². The predicted octanol–water partition coefficient (Wildman–Crippen LogP) is 3.67. The average Bonchev–Trinajstić information content (AvgIpc) is 3.04. The molecule has 0 saturated heterocycles. The quantitative estimate of drug-likeness (QED) is 0.781. The van der Waals surface area contributed by atoms with Crippen molar-refractivity contribution in [3.05, 3.63) is 77.3 Å². The van der Waals surface area contributed by atoms with E-state index >= 15 is 0 Å². The van der Waals surface area contributed by atoms with Crippen LogP contribution in [0.25, 0.3) is 10.6 Å². The van der Waals surface area contributed by atoms with Crippen LogP contribution in [-0.4, -0.2) is 10.9 Å². The first-order valence-corrected chi connectivity index (χ1v) is 8.00. The molecular weight excluding hydrogens is 292 g/mol. The summed E-state index contributed by atoms with van der Waals surface area (Å²) >= 11 is 1.60. The minimum atomic E-state index is 0.0143. The lowest BCUT2D eigenvalue weighted by Crippen LogP contribution is -2.24. The highest BCUT2D eigenvalue weighted by molar-refractivity contribution is 7.13. The molecule has 0 aliphatic carbocycles. The van der Waals surface area contributed by atoms with Gasteiger partial charge < -0.3 is 5.32 Å². The van der Waals surface area contributed by atoms with Crippen LogP contribution in [0.3, 0.4) is 0 Å². The van der Waals surface area contributed by atoms with Gasteiger partial charge in [-0.25, -0.2) is 4.98 Å². The van der Waals surface area contributed by atoms with Gasteiger partial charge in [-0.2, -0.15) is 0 Å². The van der Waals surface area contributed by atoms with Gasteiger partial charge in [-0.05, 0) is 5.56 Å². The van der Waals surface area contributed by atoms with Crippen molar-refractivity contribution in [3.8, 4) is 10.6 Å². The Morgan fingerprint density at radius 2 is 1.68 bits per heavy atom. The van der Waals surface area contributed by atoms with E-state index in [0.29, 0.717) is 13.0 Å². The number of carbonyl (C=O) groups excluding carboxylic acids is 1. The molecule has 0 saturated carbocycles. The maximum absolute atomic E-state index is 11.9. The van der Waals surface area contributed by atoms with Gasteiger partial charge in [0.1, 0.15) is 5.01 Å². The standard InChI is InChI=1S/C18H16N2OS/c21-17(11-14-7-3-1-4-8-14)19-12-16-13-22-18(20-16)15-9-5-2-6-10-15/h1-10,13H,11-12H2,(H,19,21). The highest BCUT2D eigenvalue weighted by Crippen LogP contribution is 2.23. The molecule has 0 bridgehead atoms. The number of aromatic nitrogens is 1. The third-order valence-corrected chi connectivity index (χ3v) is 4.19. The van der Waals surface area contributed by atoms with E-state index in [1.54, 1.807) is 11.3 Å². The van der Waals surface area contributed by atoms with Crippen molar-refractivity contribution in [3.63, 3.8) is 0 Å². The van der Waals surface area contributed by atoms with E-state index in [-0.39, 0.29) is 5.91 Å². The molecule has 2 aromatic carbocycles. The van der Waals surface area contributed by atoms with Gasteiger partial charge in [-0.15, -0.1) is 11.3 Å². The van der Waals surface area contributed by atoms with Crippen molar-refractivity contribution in [2.75, 3.05) is 0 Å². The fourth-order valence-electron chi connectivity index (χ4n) is 2.13. The van der Waals surface area contributed by atoms with Gasteiger partial charge in [0.25, 0.3) is 0 Å². The first-order valence-electron chi connectivity index (χ1n) is 7.12. The normalized spacial score (nSPS) is 10.4. The molecule has 0 aliphatic heterocycles. The minimum absolute atomic E-state index is 0.0143. The number of benzene rings is 2. The number of hydrogen-bond acceptors (Lipinski definition) is 3. The summed E-state index contributed by atoms with van der Waals surface area (Å²) in [7, 11) is 0. The van der Waals surface area contributed by atoms with E-state index in [9.17, 15) is 4.79 Å². The summed E-state index contributed by atoms with van der Waals surface area (Å²) in [4.78, 5) is 16.5. The van der Waals surface area contributed by atoms with Crippen molar-refractivity contribution in [1.82, 2.24) is 10.3 Å². The molecule has 1 heterocycles. The Hall–Kier alpha value is -2.46. The van der Waals surface area contributed by atoms with Crippen molar-refractivity contribution in [2.24, 2.45) is 0 Å². The Bertz CT molecular complexity index is 738. The lowest BCUT2D eigenvalue weighted by molar-refractivity contribution is -0.120. The number of nitrogens with one attached hydrogen (secondary N) is 1. The molecule has 110 valence electrons. The smallest absolute Gasteiger partial charge is 0.224 e. The zero-order chi connectivity index (χ0) is 15.2. The van der Waals surface area contributed by atoms with Gasteiger partial charge in [0.15, 0.2) is 0 Å². The molecule has 3 nitrogen and oxygen atoms in total. The summed E-state index contributed by atoms with van der Waals surface area (Å²) < 4.78 is 0. The van der Waals surface area contributed by atoms with Crippen LogP contribution < -0.4 is 5.32 Å². The van der Waals surface area contributed by atoms with Gasteiger partial charge in [0.05, 0.1) is 18.7 Å². The molecule has 0 radical (unpaired) electrons. The van der Waals surface area contributed by atoms with Gasteiger partial charge in [0.2, 0.25) is 5.91 Å². The summed E-state index contributed by atoms with van der Waals surface area (Å²) in [6.45, 7) is 0.467. The molecule has 22 heavy (non-hydrogen) atoms. The van der Waals surface area contributed by atoms with Crippen molar-refractivity contribution in [1.29, 1.82) is 0 Å². The zero-order valence-corrected chi connectivity index (χ0v) is 12.8. The molecule has 1 aromatic heterocycles. The monoisotopic (exact) mass is 308 g/mol. The van der Waals surface area contributed by atoms with Crippen LogP contribution in [0.4, 0.5) is 0 Å². The van der Waals surface area contributed by atoms with Gasteiger partial charge in [0, 0.05) is 10.9 Å². The fourth-order valence-corrected chi connectivity index (χ4v) is 2.96. The third kappa shape index (κ3) is 3.80. The van der Waals surface area contributed by atoms with E-state index < -0.39 is 0 Å². The topological polar surface area (TPSA) is 42.0 Å². The molecular formula is C18H16N2OS. The Kier molecular flexibility index (Phi) is 4.61. The second kappa shape index (κ2) is 7.00. The van der Waals surface area contributed by atoms with Crippen LogP contribution in [0.1, 0.15) is 11.3 Å². The Morgan fingerprint density at radius 1 is 1.00 bits per heavy atom. The molecule has 0 unspecified atom stereocenters. The number of carbonyl (C=O) groups is 1. The Morgan fingerprint density at radius 3 is 2.41 bits per heavy atom. The summed E-state index contributed by atoms with van der Waals surface area (Å²) in [6.07, 6.45) is 0.399. The lowest BCUT2D eigenvalue weighted by atomic mass is 10.1. The average molecular weight is 308 g/mol. The zero-order valence-electron chi connectivity index (χ0n) is 12.0. The molecule has 4 heteroatoms. The van der Waals surface area contributed by atoms with E-state index in [1.165, 1.54) is 0 Å². The van der Waals surface area contributed by atoms with E-state index in [0.717, 1.165) is 21.8 Å². The highest BCUT2D eigenvalue weighted by Gasteiger charge is 2.06. The molecule has 1 amide bonds. The molecule has 3 rings (SSSR count). The first kappa shape index (κ1) is 14.5. The van der Waals surface area contributed by atoms with Crippen LogP contribution in [0.5, 0.6) is 0 Å². The Balaban J connectivity index is 1.56. The SMILES string of the molecule is O=C(Cc1ccccc1)NCc1csc(-c2ccccc2)n1. The van der Waals surface area contributed by atoms with Crippen LogP contribution >= 0.6 is 11.3 Å². The van der Waals surface area contributed by atoms with Crippen molar-refractivity contribution < 1.29 is 4.79 Å². The summed E-state index contributed by atoms with van der Waals surface area (Å²) in [5.74, 6) is 0.0143. The first-order chi connectivity index (χ1) is 10.8. The number of amides is 1. The highest BCUT2D eigenvalue weighted by atomic mass is 32.1. The second-order valence-electron chi connectivity index (χ2n) is 4.95. The third-order valence-electron chi connectivity index (χ3n) is 3.25. The molecule has 0 spiro atoms. The van der Waals surface area contributed by atoms with E-state index in [2.05, 4.69) is 10.3 Å². The molecule has 0 atom stereocenters. The van der Waals surface area contributed by atoms with Gasteiger partial charge in [-0.3, -0.25) is 4.79 Å². The predicted molar refractivity (Wildman–Crippen MR) is 89.5 cm³/mol. The Labute approximate surface area is 133 Å². The van der Waals surface area contributed by atoms with Crippen molar-refractivity contribution in [2.45, 2.75) is 13.0 Å². The molecule has 3 aromatic rings. The number of thiazole rings is 1. The maximum atomic E-state index is 11.9. The largest absolute Gasteiger partial charge is 0.350 e. The van der Waals surface area contributed by atoms with Gasteiger partial charge >= 0.3 is 0 Å². The maximum Gasteiger partial charge on any atom is 0.224 e. The lowest BCUT2D eigenvalue weighted by Gasteiger charge is -2.03. The van der Waals surface area contributed by atoms with Crippen LogP contribution in [0.15, 0.2) is 66.0 Å². The molecule has 1 N–H and O–H groups in total. The summed E-state index contributed by atoms with van der Waals surface area (Å²) in [6, 6.07) is 19.8.